The molecule has 2 aromatic rings. The number of rotatable bonds is 4. The molecule has 0 atom stereocenters. The SMILES string of the molecule is CN(c1cc(F)ccc1F)S(=O)(=O)c1cccc([N+](=O)[O-])c1. The van der Waals surface area contributed by atoms with E-state index >= 15 is 0 Å². The van der Waals surface area contributed by atoms with E-state index < -0.39 is 42.9 Å². The Balaban J connectivity index is 2.52. The van der Waals surface area contributed by atoms with Crippen LogP contribution in [0.2, 0.25) is 0 Å². The van der Waals surface area contributed by atoms with Gasteiger partial charge in [0.25, 0.3) is 15.7 Å². The highest BCUT2D eigenvalue weighted by molar-refractivity contribution is 7.92. The van der Waals surface area contributed by atoms with Gasteiger partial charge in [-0.3, -0.25) is 14.4 Å². The van der Waals surface area contributed by atoms with Crippen molar-refractivity contribution in [3.05, 3.63) is 64.2 Å². The fraction of sp³-hybridized carbons (Fsp3) is 0.0769. The van der Waals surface area contributed by atoms with Crippen molar-refractivity contribution in [1.82, 2.24) is 0 Å². The zero-order chi connectivity index (χ0) is 16.5. The number of anilines is 1. The van der Waals surface area contributed by atoms with Crippen LogP contribution in [-0.2, 0) is 10.0 Å². The molecule has 2 rings (SSSR count). The van der Waals surface area contributed by atoms with E-state index in [0.717, 1.165) is 43.4 Å². The molecule has 9 heteroatoms. The quantitative estimate of drug-likeness (QED) is 0.638. The van der Waals surface area contributed by atoms with E-state index in [1.165, 1.54) is 6.07 Å². The van der Waals surface area contributed by atoms with Gasteiger partial charge in [0.1, 0.15) is 11.6 Å². The van der Waals surface area contributed by atoms with Gasteiger partial charge in [-0.2, -0.15) is 0 Å². The lowest BCUT2D eigenvalue weighted by atomic mass is 10.3. The second-order valence-electron chi connectivity index (χ2n) is 4.32. The normalized spacial score (nSPS) is 11.2. The number of sulfonamides is 1. The first kappa shape index (κ1) is 15.8. The summed E-state index contributed by atoms with van der Waals surface area (Å²) in [5.41, 5.74) is -0.916. The van der Waals surface area contributed by atoms with Crippen molar-refractivity contribution in [2.45, 2.75) is 4.90 Å². The molecule has 0 radical (unpaired) electrons. The van der Waals surface area contributed by atoms with Crippen LogP contribution in [0.25, 0.3) is 0 Å². The molecule has 2 aromatic carbocycles. The highest BCUT2D eigenvalue weighted by Gasteiger charge is 2.25. The number of nitro groups is 1. The van der Waals surface area contributed by atoms with Crippen LogP contribution in [0.4, 0.5) is 20.2 Å². The zero-order valence-corrected chi connectivity index (χ0v) is 12.0. The molecule has 0 fully saturated rings. The second kappa shape index (κ2) is 5.68. The third-order valence-corrected chi connectivity index (χ3v) is 4.70. The van der Waals surface area contributed by atoms with E-state index in [9.17, 15) is 27.3 Å². The van der Waals surface area contributed by atoms with Crippen LogP contribution in [0, 0.1) is 21.7 Å². The number of nitro benzene ring substituents is 1. The summed E-state index contributed by atoms with van der Waals surface area (Å²) in [4.78, 5) is 9.56. The van der Waals surface area contributed by atoms with E-state index in [4.69, 9.17) is 0 Å². The largest absolute Gasteiger partial charge is 0.270 e. The van der Waals surface area contributed by atoms with Crippen molar-refractivity contribution >= 4 is 21.4 Å². The molecule has 0 amide bonds. The predicted octanol–water partition coefficient (Wildman–Crippen LogP) is 2.70. The fourth-order valence-corrected chi connectivity index (χ4v) is 3.01. The summed E-state index contributed by atoms with van der Waals surface area (Å²) in [7, 11) is -3.23. The maximum atomic E-state index is 13.7. The van der Waals surface area contributed by atoms with Crippen molar-refractivity contribution in [2.24, 2.45) is 0 Å². The van der Waals surface area contributed by atoms with E-state index in [1.54, 1.807) is 0 Å². The number of nitrogens with zero attached hydrogens (tertiary/aromatic N) is 2. The Labute approximate surface area is 124 Å². The van der Waals surface area contributed by atoms with Crippen LogP contribution in [0.1, 0.15) is 0 Å². The van der Waals surface area contributed by atoms with Crippen molar-refractivity contribution in [3.8, 4) is 0 Å². The van der Waals surface area contributed by atoms with E-state index in [2.05, 4.69) is 0 Å². The highest BCUT2D eigenvalue weighted by Crippen LogP contribution is 2.27. The maximum absolute atomic E-state index is 13.7. The van der Waals surface area contributed by atoms with Gasteiger partial charge in [-0.15, -0.1) is 0 Å². The molecule has 0 aliphatic rings. The highest BCUT2D eigenvalue weighted by atomic mass is 32.2. The Morgan fingerprint density at radius 2 is 1.82 bits per heavy atom. The van der Waals surface area contributed by atoms with E-state index in [1.807, 2.05) is 0 Å². The number of halogens is 2. The van der Waals surface area contributed by atoms with Crippen LogP contribution in [-0.4, -0.2) is 20.4 Å². The summed E-state index contributed by atoms with van der Waals surface area (Å²) in [6.45, 7) is 0. The van der Waals surface area contributed by atoms with Crippen molar-refractivity contribution in [1.29, 1.82) is 0 Å². The van der Waals surface area contributed by atoms with Crippen LogP contribution in [0.3, 0.4) is 0 Å². The molecule has 0 heterocycles. The molecule has 6 nitrogen and oxygen atoms in total. The summed E-state index contributed by atoms with van der Waals surface area (Å²) in [6, 6.07) is 6.68. The molecule has 116 valence electrons. The Hall–Kier alpha value is -2.55. The van der Waals surface area contributed by atoms with Gasteiger partial charge < -0.3 is 0 Å². The Morgan fingerprint density at radius 1 is 1.14 bits per heavy atom. The molecule has 0 N–H and O–H groups in total. The van der Waals surface area contributed by atoms with Crippen LogP contribution < -0.4 is 4.31 Å². The second-order valence-corrected chi connectivity index (χ2v) is 6.29. The van der Waals surface area contributed by atoms with Crippen LogP contribution >= 0.6 is 0 Å². The van der Waals surface area contributed by atoms with Gasteiger partial charge in [0.2, 0.25) is 0 Å². The number of hydrogen-bond donors (Lipinski definition) is 0. The topological polar surface area (TPSA) is 80.5 Å². The molecular formula is C13H10F2N2O4S. The zero-order valence-electron chi connectivity index (χ0n) is 11.2. The molecule has 0 saturated carbocycles. The number of non-ortho nitro benzene ring substituents is 1. The van der Waals surface area contributed by atoms with Gasteiger partial charge in [0.05, 0.1) is 15.5 Å². The average Bonchev–Trinajstić information content (AvgIpc) is 2.49. The smallest absolute Gasteiger partial charge is 0.266 e. The first-order valence-corrected chi connectivity index (χ1v) is 7.36. The third-order valence-electron chi connectivity index (χ3n) is 2.93. The number of hydrogen-bond acceptors (Lipinski definition) is 4. The van der Waals surface area contributed by atoms with Crippen molar-refractivity contribution < 1.29 is 22.1 Å². The van der Waals surface area contributed by atoms with Gasteiger partial charge in [0, 0.05) is 25.2 Å². The minimum Gasteiger partial charge on any atom is -0.266 e. The minimum absolute atomic E-state index is 0.395. The monoisotopic (exact) mass is 328 g/mol. The van der Waals surface area contributed by atoms with Gasteiger partial charge in [-0.05, 0) is 18.2 Å². The Kier molecular flexibility index (Phi) is 4.09. The summed E-state index contributed by atoms with van der Waals surface area (Å²) in [6.07, 6.45) is 0. The molecule has 0 aliphatic carbocycles. The Bertz CT molecular complexity index is 840. The maximum Gasteiger partial charge on any atom is 0.270 e. The Morgan fingerprint density at radius 3 is 2.45 bits per heavy atom. The molecule has 0 saturated heterocycles. The molecule has 0 bridgehead atoms. The molecule has 22 heavy (non-hydrogen) atoms. The van der Waals surface area contributed by atoms with E-state index in [0.29, 0.717) is 4.31 Å². The lowest BCUT2D eigenvalue weighted by Crippen LogP contribution is -2.27. The lowest BCUT2D eigenvalue weighted by molar-refractivity contribution is -0.385. The molecule has 0 aromatic heterocycles. The van der Waals surface area contributed by atoms with Gasteiger partial charge >= 0.3 is 0 Å². The molecular weight excluding hydrogens is 318 g/mol. The summed E-state index contributed by atoms with van der Waals surface area (Å²) in [5.74, 6) is -1.74. The summed E-state index contributed by atoms with van der Waals surface area (Å²) < 4.78 is 52.2. The van der Waals surface area contributed by atoms with Crippen molar-refractivity contribution in [3.63, 3.8) is 0 Å². The first-order valence-electron chi connectivity index (χ1n) is 5.92. The fourth-order valence-electron chi connectivity index (χ4n) is 1.77. The predicted molar refractivity (Wildman–Crippen MR) is 75.0 cm³/mol. The average molecular weight is 328 g/mol. The van der Waals surface area contributed by atoms with Gasteiger partial charge in [-0.25, -0.2) is 17.2 Å². The van der Waals surface area contributed by atoms with Crippen LogP contribution in [0.5, 0.6) is 0 Å². The molecule has 0 unspecified atom stereocenters. The standard InChI is InChI=1S/C13H10F2N2O4S/c1-16(13-7-9(14)5-6-12(13)15)22(20,21)11-4-2-3-10(8-11)17(18)19/h2-8H,1H3. The first-order chi connectivity index (χ1) is 10.2. The third kappa shape index (κ3) is 2.89. The van der Waals surface area contributed by atoms with Crippen molar-refractivity contribution in [2.75, 3.05) is 11.4 Å². The van der Waals surface area contributed by atoms with Gasteiger partial charge in [0.15, 0.2) is 0 Å². The van der Waals surface area contributed by atoms with E-state index in [-0.39, 0.29) is 0 Å². The lowest BCUT2D eigenvalue weighted by Gasteiger charge is -2.20. The molecule has 0 aliphatic heterocycles. The van der Waals surface area contributed by atoms with Gasteiger partial charge in [-0.1, -0.05) is 6.07 Å². The number of benzene rings is 2. The summed E-state index contributed by atoms with van der Waals surface area (Å²) >= 11 is 0. The van der Waals surface area contributed by atoms with Crippen LogP contribution in [0.15, 0.2) is 47.4 Å². The minimum atomic E-state index is -4.27. The summed E-state index contributed by atoms with van der Waals surface area (Å²) in [5, 5.41) is 10.7. The molecule has 0 spiro atoms.